The van der Waals surface area contributed by atoms with Gasteiger partial charge in [-0.1, -0.05) is 0 Å². The molecule has 7 nitrogen and oxygen atoms in total. The number of benzene rings is 3. The minimum absolute atomic E-state index is 0.119. The summed E-state index contributed by atoms with van der Waals surface area (Å²) in [5.41, 5.74) is 2.39. The Balaban J connectivity index is 1.39. The van der Waals surface area contributed by atoms with Gasteiger partial charge in [0.25, 0.3) is 15.9 Å². The molecule has 4 aromatic rings. The second-order valence-electron chi connectivity index (χ2n) is 6.96. The van der Waals surface area contributed by atoms with Crippen molar-refractivity contribution < 1.29 is 17.9 Å². The number of hydrogen-bond acceptors (Lipinski definition) is 6. The number of thiazole rings is 1. The molecule has 33 heavy (non-hydrogen) atoms. The van der Waals surface area contributed by atoms with E-state index >= 15 is 0 Å². The molecule has 2 N–H and O–H groups in total. The van der Waals surface area contributed by atoms with Crippen molar-refractivity contribution in [3.8, 4) is 16.3 Å². The number of nitrogens with zero attached hydrogens (tertiary/aromatic N) is 1. The van der Waals surface area contributed by atoms with Crippen LogP contribution in [-0.2, 0) is 10.0 Å². The topological polar surface area (TPSA) is 97.4 Å². The monoisotopic (exact) mass is 479 g/mol. The fourth-order valence-electron chi connectivity index (χ4n) is 3.05. The van der Waals surface area contributed by atoms with Crippen molar-refractivity contribution in [2.75, 3.05) is 16.6 Å². The zero-order valence-electron chi connectivity index (χ0n) is 17.7. The summed E-state index contributed by atoms with van der Waals surface area (Å²) in [6, 6.07) is 19.8. The van der Waals surface area contributed by atoms with Gasteiger partial charge in [-0.2, -0.15) is 0 Å². The van der Waals surface area contributed by atoms with Crippen LogP contribution in [-0.4, -0.2) is 25.9 Å². The molecule has 0 spiro atoms. The first-order valence-corrected chi connectivity index (χ1v) is 12.5. The highest BCUT2D eigenvalue weighted by Crippen LogP contribution is 2.24. The molecule has 3 aromatic carbocycles. The molecular formula is C24H21N3O4S2. The lowest BCUT2D eigenvalue weighted by atomic mass is 10.1. The predicted octanol–water partition coefficient (Wildman–Crippen LogP) is 5.26. The first-order valence-electron chi connectivity index (χ1n) is 10.1. The fourth-order valence-corrected chi connectivity index (χ4v) is 4.75. The van der Waals surface area contributed by atoms with Crippen molar-refractivity contribution in [3.63, 3.8) is 0 Å². The minimum atomic E-state index is -3.76. The van der Waals surface area contributed by atoms with Crippen molar-refractivity contribution in [1.82, 2.24) is 4.98 Å². The predicted molar refractivity (Wildman–Crippen MR) is 130 cm³/mol. The number of amides is 1. The third-order valence-corrected chi connectivity index (χ3v) is 6.89. The molecule has 9 heteroatoms. The highest BCUT2D eigenvalue weighted by atomic mass is 32.2. The molecule has 0 aliphatic rings. The lowest BCUT2D eigenvalue weighted by molar-refractivity contribution is 0.102. The number of nitrogens with one attached hydrogen (secondary N) is 2. The van der Waals surface area contributed by atoms with Gasteiger partial charge in [-0.25, -0.2) is 13.4 Å². The van der Waals surface area contributed by atoms with Gasteiger partial charge < -0.3 is 10.1 Å². The van der Waals surface area contributed by atoms with Crippen LogP contribution in [0.4, 0.5) is 11.4 Å². The van der Waals surface area contributed by atoms with Gasteiger partial charge in [-0.15, -0.1) is 11.3 Å². The van der Waals surface area contributed by atoms with Crippen LogP contribution in [0.2, 0.25) is 0 Å². The number of sulfonamides is 1. The molecule has 0 radical (unpaired) electrons. The van der Waals surface area contributed by atoms with E-state index in [-0.39, 0.29) is 10.8 Å². The molecule has 168 valence electrons. The van der Waals surface area contributed by atoms with Crippen molar-refractivity contribution >= 4 is 38.6 Å². The van der Waals surface area contributed by atoms with E-state index in [1.165, 1.54) is 12.1 Å². The van der Waals surface area contributed by atoms with Crippen LogP contribution in [0, 0.1) is 0 Å². The first kappa shape index (κ1) is 22.5. The summed E-state index contributed by atoms with van der Waals surface area (Å²) < 4.78 is 33.1. The van der Waals surface area contributed by atoms with Gasteiger partial charge in [-0.3, -0.25) is 9.52 Å². The SMILES string of the molecule is CCOc1ccc(S(=O)(=O)Nc2ccc(C(=O)Nc3ccc(-c4nccs4)cc3)cc2)cc1. The second kappa shape index (κ2) is 9.85. The quantitative estimate of drug-likeness (QED) is 0.359. The Morgan fingerprint density at radius 2 is 1.61 bits per heavy atom. The summed E-state index contributed by atoms with van der Waals surface area (Å²) in [6.45, 7) is 2.36. The molecule has 1 aromatic heterocycles. The normalized spacial score (nSPS) is 11.1. The van der Waals surface area contributed by atoms with E-state index in [4.69, 9.17) is 4.74 Å². The van der Waals surface area contributed by atoms with Crippen LogP contribution in [0.25, 0.3) is 10.6 Å². The molecule has 0 aliphatic heterocycles. The number of carbonyl (C=O) groups is 1. The highest BCUT2D eigenvalue weighted by Gasteiger charge is 2.15. The van der Waals surface area contributed by atoms with Crippen LogP contribution in [0.15, 0.2) is 89.3 Å². The summed E-state index contributed by atoms with van der Waals surface area (Å²) in [7, 11) is -3.76. The molecule has 0 saturated carbocycles. The average Bonchev–Trinajstić information content (AvgIpc) is 3.35. The molecule has 0 fully saturated rings. The smallest absolute Gasteiger partial charge is 0.261 e. The molecule has 4 rings (SSSR count). The first-order chi connectivity index (χ1) is 15.9. The van der Waals surface area contributed by atoms with Gasteiger partial charge in [0.05, 0.1) is 11.5 Å². The zero-order valence-corrected chi connectivity index (χ0v) is 19.3. The molecule has 1 amide bonds. The number of aromatic nitrogens is 1. The number of carbonyl (C=O) groups excluding carboxylic acids is 1. The molecule has 0 atom stereocenters. The van der Waals surface area contributed by atoms with E-state index in [1.54, 1.807) is 53.9 Å². The maximum atomic E-state index is 12.6. The highest BCUT2D eigenvalue weighted by molar-refractivity contribution is 7.92. The van der Waals surface area contributed by atoms with Crippen molar-refractivity contribution in [1.29, 1.82) is 0 Å². The summed E-state index contributed by atoms with van der Waals surface area (Å²) in [4.78, 5) is 16.9. The average molecular weight is 480 g/mol. The Kier molecular flexibility index (Phi) is 6.71. The van der Waals surface area contributed by atoms with Crippen LogP contribution in [0.5, 0.6) is 5.75 Å². The summed E-state index contributed by atoms with van der Waals surface area (Å²) in [5, 5.41) is 5.66. The van der Waals surface area contributed by atoms with E-state index in [1.807, 2.05) is 36.6 Å². The number of anilines is 2. The van der Waals surface area contributed by atoms with E-state index in [9.17, 15) is 13.2 Å². The van der Waals surface area contributed by atoms with Gasteiger partial charge >= 0.3 is 0 Å². The Hall–Kier alpha value is -3.69. The maximum Gasteiger partial charge on any atom is 0.261 e. The number of ether oxygens (including phenoxy) is 1. The largest absolute Gasteiger partial charge is 0.494 e. The Morgan fingerprint density at radius 3 is 2.21 bits per heavy atom. The minimum Gasteiger partial charge on any atom is -0.494 e. The fraction of sp³-hybridized carbons (Fsp3) is 0.0833. The van der Waals surface area contributed by atoms with Gasteiger partial charge in [0.1, 0.15) is 10.8 Å². The van der Waals surface area contributed by atoms with E-state index < -0.39 is 10.0 Å². The lowest BCUT2D eigenvalue weighted by Gasteiger charge is -2.10. The number of rotatable bonds is 8. The third-order valence-electron chi connectivity index (χ3n) is 4.67. The van der Waals surface area contributed by atoms with Gasteiger partial charge in [0.2, 0.25) is 0 Å². The van der Waals surface area contributed by atoms with E-state index in [2.05, 4.69) is 15.0 Å². The Bertz CT molecular complexity index is 1320. The van der Waals surface area contributed by atoms with Crippen LogP contribution in [0.1, 0.15) is 17.3 Å². The van der Waals surface area contributed by atoms with Gasteiger partial charge in [0.15, 0.2) is 0 Å². The Labute approximate surface area is 196 Å². The van der Waals surface area contributed by atoms with E-state index in [0.717, 1.165) is 10.6 Å². The molecule has 0 saturated heterocycles. The number of hydrogen-bond donors (Lipinski definition) is 2. The lowest BCUT2D eigenvalue weighted by Crippen LogP contribution is -2.14. The van der Waals surface area contributed by atoms with E-state index in [0.29, 0.717) is 29.3 Å². The van der Waals surface area contributed by atoms with Crippen molar-refractivity contribution in [3.05, 3.63) is 89.9 Å². The molecule has 1 heterocycles. The third kappa shape index (κ3) is 5.57. The molecule has 0 bridgehead atoms. The van der Waals surface area contributed by atoms with Gasteiger partial charge in [0, 0.05) is 34.1 Å². The van der Waals surface area contributed by atoms with Crippen LogP contribution in [0.3, 0.4) is 0 Å². The zero-order chi connectivity index (χ0) is 23.3. The van der Waals surface area contributed by atoms with Gasteiger partial charge in [-0.05, 0) is 79.7 Å². The summed E-state index contributed by atoms with van der Waals surface area (Å²) in [5.74, 6) is 0.308. The standard InChI is InChI=1S/C24H21N3O4S2/c1-2-31-21-11-13-22(14-12-21)33(29,30)27-20-9-3-17(4-10-20)23(28)26-19-7-5-18(6-8-19)24-25-15-16-32-24/h3-16,27H,2H2,1H3,(H,26,28). The summed E-state index contributed by atoms with van der Waals surface area (Å²) >= 11 is 1.55. The second-order valence-corrected chi connectivity index (χ2v) is 9.53. The van der Waals surface area contributed by atoms with Crippen molar-refractivity contribution in [2.45, 2.75) is 11.8 Å². The molecule has 0 unspecified atom stereocenters. The summed E-state index contributed by atoms with van der Waals surface area (Å²) in [6.07, 6.45) is 1.75. The maximum absolute atomic E-state index is 12.6. The van der Waals surface area contributed by atoms with Crippen LogP contribution < -0.4 is 14.8 Å². The van der Waals surface area contributed by atoms with Crippen LogP contribution >= 0.6 is 11.3 Å². The van der Waals surface area contributed by atoms with Crippen molar-refractivity contribution in [2.24, 2.45) is 0 Å². The Morgan fingerprint density at radius 1 is 0.939 bits per heavy atom. The molecule has 0 aliphatic carbocycles. The molecular weight excluding hydrogens is 458 g/mol.